The first-order valence-electron chi connectivity index (χ1n) is 4.35. The molecule has 0 N–H and O–H groups in total. The Hall–Kier alpha value is -1.09. The molecule has 0 saturated heterocycles. The Morgan fingerprint density at radius 1 is 1.50 bits per heavy atom. The minimum Gasteiger partial charge on any atom is -0.480 e. The number of aryl methyl sites for hydroxylation is 1. The first-order chi connectivity index (χ1) is 6.69. The second-order valence-corrected chi connectivity index (χ2v) is 2.69. The zero-order chi connectivity index (χ0) is 11.1. The molecule has 78 valence electrons. The molecule has 0 bridgehead atoms. The van der Waals surface area contributed by atoms with Crippen LogP contribution in [0.2, 0.25) is 5.15 Å². The van der Waals surface area contributed by atoms with E-state index in [9.17, 15) is 4.79 Å². The van der Waals surface area contributed by atoms with Crippen molar-refractivity contribution in [1.29, 1.82) is 0 Å². The van der Waals surface area contributed by atoms with Crippen LogP contribution < -0.4 is 4.74 Å². The molecule has 0 radical (unpaired) electrons. The second kappa shape index (κ2) is 6.38. The summed E-state index contributed by atoms with van der Waals surface area (Å²) >= 11 is 5.65. The predicted molar refractivity (Wildman–Crippen MR) is 57.3 cm³/mol. The summed E-state index contributed by atoms with van der Waals surface area (Å²) in [6.45, 7) is 5.78. The van der Waals surface area contributed by atoms with Gasteiger partial charge in [0, 0.05) is 0 Å². The second-order valence-electron chi connectivity index (χ2n) is 2.30. The molecular weight excluding hydrogens is 202 g/mol. The number of aldehydes is 1. The van der Waals surface area contributed by atoms with Crippen molar-refractivity contribution in [3.05, 3.63) is 22.3 Å². The number of hydrogen-bond donors (Lipinski definition) is 0. The zero-order valence-corrected chi connectivity index (χ0v) is 9.55. The SMILES string of the molecule is CC.COc1nc(Cl)cc(C)c1C=O. The van der Waals surface area contributed by atoms with Crippen LogP contribution in [-0.2, 0) is 0 Å². The Balaban J connectivity index is 0.000000791. The highest BCUT2D eigenvalue weighted by Gasteiger charge is 2.07. The van der Waals surface area contributed by atoms with Crippen molar-refractivity contribution in [1.82, 2.24) is 4.98 Å². The van der Waals surface area contributed by atoms with Gasteiger partial charge < -0.3 is 4.74 Å². The summed E-state index contributed by atoms with van der Waals surface area (Å²) < 4.78 is 4.87. The number of pyridine rings is 1. The van der Waals surface area contributed by atoms with Gasteiger partial charge in [0.1, 0.15) is 5.15 Å². The van der Waals surface area contributed by atoms with E-state index in [-0.39, 0.29) is 5.88 Å². The highest BCUT2D eigenvalue weighted by molar-refractivity contribution is 6.29. The van der Waals surface area contributed by atoms with Crippen LogP contribution in [0.1, 0.15) is 29.8 Å². The lowest BCUT2D eigenvalue weighted by Gasteiger charge is -2.04. The van der Waals surface area contributed by atoms with Gasteiger partial charge in [-0.05, 0) is 18.6 Å². The van der Waals surface area contributed by atoms with E-state index in [4.69, 9.17) is 16.3 Å². The van der Waals surface area contributed by atoms with E-state index >= 15 is 0 Å². The van der Waals surface area contributed by atoms with Crippen LogP contribution in [0.25, 0.3) is 0 Å². The maximum absolute atomic E-state index is 10.6. The Morgan fingerprint density at radius 3 is 2.50 bits per heavy atom. The smallest absolute Gasteiger partial charge is 0.225 e. The summed E-state index contributed by atoms with van der Waals surface area (Å²) in [7, 11) is 1.45. The molecule has 0 spiro atoms. The van der Waals surface area contributed by atoms with Gasteiger partial charge >= 0.3 is 0 Å². The third kappa shape index (κ3) is 3.00. The maximum atomic E-state index is 10.6. The lowest BCUT2D eigenvalue weighted by atomic mass is 10.2. The van der Waals surface area contributed by atoms with E-state index in [1.807, 2.05) is 13.8 Å². The molecule has 0 fully saturated rings. The highest BCUT2D eigenvalue weighted by atomic mass is 35.5. The van der Waals surface area contributed by atoms with E-state index in [2.05, 4.69) is 4.98 Å². The fourth-order valence-electron chi connectivity index (χ4n) is 0.914. The largest absolute Gasteiger partial charge is 0.480 e. The molecule has 0 aliphatic rings. The summed E-state index contributed by atoms with van der Waals surface area (Å²) in [6, 6.07) is 1.62. The number of rotatable bonds is 2. The van der Waals surface area contributed by atoms with Crippen molar-refractivity contribution >= 4 is 17.9 Å². The van der Waals surface area contributed by atoms with Crippen LogP contribution in [0.15, 0.2) is 6.07 Å². The van der Waals surface area contributed by atoms with Crippen molar-refractivity contribution in [2.75, 3.05) is 7.11 Å². The fourth-order valence-corrected chi connectivity index (χ4v) is 1.15. The molecular formula is C10H14ClNO2. The number of nitrogens with zero attached hydrogens (tertiary/aromatic N) is 1. The number of carbonyl (C=O) groups excluding carboxylic acids is 1. The van der Waals surface area contributed by atoms with Gasteiger partial charge in [-0.1, -0.05) is 25.4 Å². The molecule has 3 nitrogen and oxygen atoms in total. The normalized spacial score (nSPS) is 8.64. The summed E-state index contributed by atoms with van der Waals surface area (Å²) in [6.07, 6.45) is 0.706. The van der Waals surface area contributed by atoms with Crippen molar-refractivity contribution in [3.8, 4) is 5.88 Å². The van der Waals surface area contributed by atoms with Gasteiger partial charge in [-0.2, -0.15) is 0 Å². The van der Waals surface area contributed by atoms with E-state index in [0.717, 1.165) is 5.56 Å². The molecule has 4 heteroatoms. The molecule has 1 aromatic rings. The van der Waals surface area contributed by atoms with Gasteiger partial charge in [-0.25, -0.2) is 4.98 Å². The van der Waals surface area contributed by atoms with Crippen molar-refractivity contribution < 1.29 is 9.53 Å². The van der Waals surface area contributed by atoms with Crippen LogP contribution in [0.3, 0.4) is 0 Å². The molecule has 0 aliphatic heterocycles. The topological polar surface area (TPSA) is 39.2 Å². The van der Waals surface area contributed by atoms with Crippen molar-refractivity contribution in [3.63, 3.8) is 0 Å². The minimum atomic E-state index is 0.273. The summed E-state index contributed by atoms with van der Waals surface area (Å²) in [4.78, 5) is 14.4. The molecule has 14 heavy (non-hydrogen) atoms. The number of hydrogen-bond acceptors (Lipinski definition) is 3. The average molecular weight is 216 g/mol. The Kier molecular flexibility index (Phi) is 5.88. The molecule has 0 aromatic carbocycles. The summed E-state index contributed by atoms with van der Waals surface area (Å²) in [5, 5.41) is 0.329. The first-order valence-corrected chi connectivity index (χ1v) is 4.73. The van der Waals surface area contributed by atoms with Crippen LogP contribution in [0, 0.1) is 6.92 Å². The third-order valence-electron chi connectivity index (χ3n) is 1.51. The monoisotopic (exact) mass is 215 g/mol. The van der Waals surface area contributed by atoms with Gasteiger partial charge in [-0.3, -0.25) is 4.79 Å². The van der Waals surface area contributed by atoms with E-state index in [1.54, 1.807) is 13.0 Å². The number of halogens is 1. The highest BCUT2D eigenvalue weighted by Crippen LogP contribution is 2.20. The minimum absolute atomic E-state index is 0.273. The molecule has 0 unspecified atom stereocenters. The average Bonchev–Trinajstić information content (AvgIpc) is 2.19. The van der Waals surface area contributed by atoms with Crippen molar-refractivity contribution in [2.24, 2.45) is 0 Å². The van der Waals surface area contributed by atoms with E-state index in [1.165, 1.54) is 7.11 Å². The van der Waals surface area contributed by atoms with Gasteiger partial charge in [0.05, 0.1) is 12.7 Å². The van der Waals surface area contributed by atoms with Crippen LogP contribution in [-0.4, -0.2) is 18.4 Å². The number of aromatic nitrogens is 1. The van der Waals surface area contributed by atoms with Crippen LogP contribution in [0.5, 0.6) is 5.88 Å². The van der Waals surface area contributed by atoms with Crippen molar-refractivity contribution in [2.45, 2.75) is 20.8 Å². The Labute approximate surface area is 89.1 Å². The predicted octanol–water partition coefficient (Wildman–Crippen LogP) is 2.89. The molecule has 1 rings (SSSR count). The molecule has 1 aromatic heterocycles. The first kappa shape index (κ1) is 12.9. The quantitative estimate of drug-likeness (QED) is 0.563. The van der Waals surface area contributed by atoms with E-state index < -0.39 is 0 Å². The maximum Gasteiger partial charge on any atom is 0.225 e. The third-order valence-corrected chi connectivity index (χ3v) is 1.70. The molecule has 0 aliphatic carbocycles. The molecule has 0 saturated carbocycles. The van der Waals surface area contributed by atoms with Gasteiger partial charge in [0.2, 0.25) is 5.88 Å². The number of methoxy groups -OCH3 is 1. The number of ether oxygens (including phenoxy) is 1. The van der Waals surface area contributed by atoms with Gasteiger partial charge in [-0.15, -0.1) is 0 Å². The Morgan fingerprint density at radius 2 is 2.07 bits per heavy atom. The van der Waals surface area contributed by atoms with Gasteiger partial charge in [0.25, 0.3) is 0 Å². The van der Waals surface area contributed by atoms with Crippen LogP contribution >= 0.6 is 11.6 Å². The van der Waals surface area contributed by atoms with Crippen LogP contribution in [0.4, 0.5) is 0 Å². The molecule has 1 heterocycles. The fraction of sp³-hybridized carbons (Fsp3) is 0.400. The van der Waals surface area contributed by atoms with Gasteiger partial charge in [0.15, 0.2) is 6.29 Å². The lowest BCUT2D eigenvalue weighted by Crippen LogP contribution is -1.97. The molecule has 0 atom stereocenters. The summed E-state index contributed by atoms with van der Waals surface area (Å²) in [5.74, 6) is 0.273. The number of carbonyl (C=O) groups is 1. The molecule has 0 amide bonds. The lowest BCUT2D eigenvalue weighted by molar-refractivity contribution is 0.111. The standard InChI is InChI=1S/C8H8ClNO2.C2H6/c1-5-3-7(9)10-8(12-2)6(5)4-11;1-2/h3-4H,1-2H3;1-2H3. The Bertz CT molecular complexity index is 313. The van der Waals surface area contributed by atoms with E-state index in [0.29, 0.717) is 17.0 Å². The zero-order valence-electron chi connectivity index (χ0n) is 8.80. The summed E-state index contributed by atoms with van der Waals surface area (Å²) in [5.41, 5.74) is 1.21.